The summed E-state index contributed by atoms with van der Waals surface area (Å²) in [6.07, 6.45) is 0.977. The minimum atomic E-state index is 0.0169. The highest BCUT2D eigenvalue weighted by Crippen LogP contribution is 2.34. The van der Waals surface area contributed by atoms with Crippen LogP contribution in [-0.2, 0) is 0 Å². The van der Waals surface area contributed by atoms with Gasteiger partial charge in [-0.2, -0.15) is 4.98 Å². The largest absolute Gasteiger partial charge is 0.334 e. The van der Waals surface area contributed by atoms with E-state index in [1.165, 1.54) is 0 Å². The number of anilines is 1. The number of thioether (sulfide) groups is 1. The van der Waals surface area contributed by atoms with E-state index < -0.39 is 0 Å². The number of benzene rings is 2. The van der Waals surface area contributed by atoms with Gasteiger partial charge in [0.25, 0.3) is 11.8 Å². The molecule has 6 heteroatoms. The Hall–Kier alpha value is -2.60. The van der Waals surface area contributed by atoms with Crippen LogP contribution in [0.4, 0.5) is 5.69 Å². The molecule has 0 fully saturated rings. The van der Waals surface area contributed by atoms with Crippen LogP contribution in [0.3, 0.4) is 0 Å². The van der Waals surface area contributed by atoms with E-state index in [1.807, 2.05) is 47.4 Å². The monoisotopic (exact) mass is 351 g/mol. The number of aromatic nitrogens is 2. The molecular formula is C19H17N3O2S. The van der Waals surface area contributed by atoms with Gasteiger partial charge in [0.1, 0.15) is 0 Å². The van der Waals surface area contributed by atoms with E-state index in [2.05, 4.69) is 16.2 Å². The molecule has 0 saturated heterocycles. The number of carbonyl (C=O) groups is 1. The summed E-state index contributed by atoms with van der Waals surface area (Å²) in [6.45, 7) is 2.51. The number of fused-ring (bicyclic) bond motifs is 1. The van der Waals surface area contributed by atoms with Crippen molar-refractivity contribution in [2.75, 3.05) is 17.2 Å². The van der Waals surface area contributed by atoms with Crippen LogP contribution in [0.25, 0.3) is 11.5 Å². The Labute approximate surface area is 150 Å². The van der Waals surface area contributed by atoms with Crippen molar-refractivity contribution >= 4 is 23.4 Å². The summed E-state index contributed by atoms with van der Waals surface area (Å²) in [5.41, 5.74) is 2.46. The molecule has 0 saturated carbocycles. The van der Waals surface area contributed by atoms with Crippen LogP contribution < -0.4 is 4.90 Å². The van der Waals surface area contributed by atoms with E-state index in [9.17, 15) is 4.79 Å². The van der Waals surface area contributed by atoms with Crippen LogP contribution in [0.2, 0.25) is 0 Å². The summed E-state index contributed by atoms with van der Waals surface area (Å²) in [5.74, 6) is 2.10. The minimum Gasteiger partial charge on any atom is -0.334 e. The van der Waals surface area contributed by atoms with E-state index >= 15 is 0 Å². The predicted octanol–water partition coefficient (Wildman–Crippen LogP) is 4.19. The first-order valence-electron chi connectivity index (χ1n) is 8.17. The highest BCUT2D eigenvalue weighted by atomic mass is 32.2. The standard InChI is InChI=1S/C19H17N3O2S/c1-13-20-18(24-21-13)14-7-9-15(10-8-14)19(23)22-11-4-12-25-17-6-3-2-5-16(17)22/h2-3,5-10H,4,11-12H2,1H3. The van der Waals surface area contributed by atoms with Gasteiger partial charge in [-0.05, 0) is 55.5 Å². The topological polar surface area (TPSA) is 59.2 Å². The molecule has 0 atom stereocenters. The highest BCUT2D eigenvalue weighted by Gasteiger charge is 2.22. The zero-order valence-corrected chi connectivity index (χ0v) is 14.6. The number of para-hydroxylation sites is 1. The van der Waals surface area contributed by atoms with Crippen LogP contribution in [0.5, 0.6) is 0 Å². The van der Waals surface area contributed by atoms with E-state index in [4.69, 9.17) is 4.52 Å². The maximum Gasteiger partial charge on any atom is 0.258 e. The third-order valence-electron chi connectivity index (χ3n) is 4.09. The quantitative estimate of drug-likeness (QED) is 0.693. The number of amides is 1. The van der Waals surface area contributed by atoms with Gasteiger partial charge in [-0.1, -0.05) is 17.3 Å². The van der Waals surface area contributed by atoms with Gasteiger partial charge < -0.3 is 9.42 Å². The molecule has 1 amide bonds. The fourth-order valence-electron chi connectivity index (χ4n) is 2.86. The molecule has 1 aliphatic rings. The number of hydrogen-bond acceptors (Lipinski definition) is 5. The van der Waals surface area contributed by atoms with Gasteiger partial charge in [0.2, 0.25) is 0 Å². The van der Waals surface area contributed by atoms with Gasteiger partial charge in [-0.3, -0.25) is 4.79 Å². The maximum atomic E-state index is 13.0. The summed E-state index contributed by atoms with van der Waals surface area (Å²) in [5, 5.41) is 3.80. The second kappa shape index (κ2) is 6.72. The average molecular weight is 351 g/mol. The Kier molecular flexibility index (Phi) is 4.28. The van der Waals surface area contributed by atoms with Crippen molar-refractivity contribution in [2.45, 2.75) is 18.2 Å². The fraction of sp³-hybridized carbons (Fsp3) is 0.211. The first-order valence-corrected chi connectivity index (χ1v) is 9.15. The first-order chi connectivity index (χ1) is 12.2. The predicted molar refractivity (Wildman–Crippen MR) is 97.9 cm³/mol. The van der Waals surface area contributed by atoms with E-state index in [0.29, 0.717) is 17.3 Å². The third-order valence-corrected chi connectivity index (χ3v) is 5.24. The fourth-order valence-corrected chi connectivity index (χ4v) is 3.86. The Morgan fingerprint density at radius 1 is 1.16 bits per heavy atom. The lowest BCUT2D eigenvalue weighted by atomic mass is 10.1. The van der Waals surface area contributed by atoms with Gasteiger partial charge in [-0.25, -0.2) is 0 Å². The summed E-state index contributed by atoms with van der Waals surface area (Å²) in [4.78, 5) is 20.3. The van der Waals surface area contributed by atoms with Crippen molar-refractivity contribution in [1.29, 1.82) is 0 Å². The average Bonchev–Trinajstić information content (AvgIpc) is 2.97. The van der Waals surface area contributed by atoms with Crippen LogP contribution in [0, 0.1) is 6.92 Å². The first kappa shape index (κ1) is 15.9. The van der Waals surface area contributed by atoms with Crippen molar-refractivity contribution in [3.63, 3.8) is 0 Å². The Morgan fingerprint density at radius 2 is 1.96 bits per heavy atom. The van der Waals surface area contributed by atoms with Crippen LogP contribution >= 0.6 is 11.8 Å². The van der Waals surface area contributed by atoms with Crippen molar-refractivity contribution in [1.82, 2.24) is 10.1 Å². The zero-order chi connectivity index (χ0) is 17.2. The molecule has 0 bridgehead atoms. The molecule has 0 radical (unpaired) electrons. The summed E-state index contributed by atoms with van der Waals surface area (Å²) < 4.78 is 5.17. The lowest BCUT2D eigenvalue weighted by molar-refractivity contribution is 0.0986. The number of hydrogen-bond donors (Lipinski definition) is 0. The van der Waals surface area contributed by atoms with Gasteiger partial charge in [0.15, 0.2) is 5.82 Å². The SMILES string of the molecule is Cc1noc(-c2ccc(C(=O)N3CCCSc4ccccc43)cc2)n1. The van der Waals surface area contributed by atoms with E-state index in [0.717, 1.165) is 34.9 Å². The molecule has 25 heavy (non-hydrogen) atoms. The summed E-state index contributed by atoms with van der Waals surface area (Å²) >= 11 is 1.81. The zero-order valence-electron chi connectivity index (χ0n) is 13.8. The Bertz CT molecular complexity index is 905. The van der Waals surface area contributed by atoms with Crippen molar-refractivity contribution in [2.24, 2.45) is 0 Å². The number of aryl methyl sites for hydroxylation is 1. The molecule has 1 aliphatic heterocycles. The lowest BCUT2D eigenvalue weighted by Crippen LogP contribution is -2.31. The van der Waals surface area contributed by atoms with Crippen LogP contribution in [0.1, 0.15) is 22.6 Å². The minimum absolute atomic E-state index is 0.0169. The van der Waals surface area contributed by atoms with Gasteiger partial charge in [-0.15, -0.1) is 11.8 Å². The smallest absolute Gasteiger partial charge is 0.258 e. The second-order valence-electron chi connectivity index (χ2n) is 5.85. The number of rotatable bonds is 2. The van der Waals surface area contributed by atoms with Gasteiger partial charge >= 0.3 is 0 Å². The molecular weight excluding hydrogens is 334 g/mol. The summed E-state index contributed by atoms with van der Waals surface area (Å²) in [7, 11) is 0. The third kappa shape index (κ3) is 3.17. The normalized spacial score (nSPS) is 14.0. The Balaban J connectivity index is 1.63. The molecule has 0 unspecified atom stereocenters. The number of carbonyl (C=O) groups excluding carboxylic acids is 1. The molecule has 0 spiro atoms. The highest BCUT2D eigenvalue weighted by molar-refractivity contribution is 7.99. The van der Waals surface area contributed by atoms with Gasteiger partial charge in [0, 0.05) is 22.6 Å². The molecule has 2 heterocycles. The van der Waals surface area contributed by atoms with Crippen molar-refractivity contribution in [3.05, 3.63) is 59.9 Å². The summed E-state index contributed by atoms with van der Waals surface area (Å²) in [6, 6.07) is 15.4. The van der Waals surface area contributed by atoms with Crippen LogP contribution in [0.15, 0.2) is 57.9 Å². The van der Waals surface area contributed by atoms with Crippen LogP contribution in [-0.4, -0.2) is 28.3 Å². The second-order valence-corrected chi connectivity index (χ2v) is 6.99. The Morgan fingerprint density at radius 3 is 2.72 bits per heavy atom. The molecule has 2 aromatic carbocycles. The molecule has 5 nitrogen and oxygen atoms in total. The maximum absolute atomic E-state index is 13.0. The molecule has 3 aromatic rings. The number of nitrogens with zero attached hydrogens (tertiary/aromatic N) is 3. The van der Waals surface area contributed by atoms with Gasteiger partial charge in [0.05, 0.1) is 5.69 Å². The molecule has 0 N–H and O–H groups in total. The van der Waals surface area contributed by atoms with Crippen molar-refractivity contribution in [3.8, 4) is 11.5 Å². The van der Waals surface area contributed by atoms with E-state index in [-0.39, 0.29) is 5.91 Å². The lowest BCUT2D eigenvalue weighted by Gasteiger charge is -2.22. The molecule has 1 aromatic heterocycles. The van der Waals surface area contributed by atoms with Crippen molar-refractivity contribution < 1.29 is 9.32 Å². The molecule has 0 aliphatic carbocycles. The molecule has 126 valence electrons. The van der Waals surface area contributed by atoms with E-state index in [1.54, 1.807) is 18.7 Å². The molecule has 4 rings (SSSR count).